The Balaban J connectivity index is 3.00. The molecule has 1 aromatic carbocycles. The molecule has 1 amide bonds. The molecule has 0 fully saturated rings. The van der Waals surface area contributed by atoms with Crippen molar-refractivity contribution in [2.75, 3.05) is 27.8 Å². The second-order valence-corrected chi connectivity index (χ2v) is 4.38. The van der Waals surface area contributed by atoms with Crippen molar-refractivity contribution in [2.45, 2.75) is 13.3 Å². The zero-order valence-electron chi connectivity index (χ0n) is 12.1. The van der Waals surface area contributed by atoms with Crippen LogP contribution in [0.5, 0.6) is 11.5 Å². The highest BCUT2D eigenvalue weighted by Crippen LogP contribution is 2.29. The molecule has 0 spiro atoms. The van der Waals surface area contributed by atoms with Gasteiger partial charge in [0.05, 0.1) is 20.6 Å². The largest absolute Gasteiger partial charge is 0.496 e. The molecule has 0 heterocycles. The van der Waals surface area contributed by atoms with E-state index in [0.717, 1.165) is 5.56 Å². The van der Waals surface area contributed by atoms with Gasteiger partial charge in [0.2, 0.25) is 0 Å². The van der Waals surface area contributed by atoms with E-state index in [-0.39, 0.29) is 18.9 Å². The lowest BCUT2D eigenvalue weighted by molar-refractivity contribution is -0.137. The summed E-state index contributed by atoms with van der Waals surface area (Å²) in [5, 5.41) is 8.64. The number of hydrogen-bond donors (Lipinski definition) is 1. The Morgan fingerprint density at radius 1 is 1.20 bits per heavy atom. The Hall–Kier alpha value is -2.24. The number of carbonyl (C=O) groups excluding carboxylic acids is 1. The molecule has 0 atom stereocenters. The summed E-state index contributed by atoms with van der Waals surface area (Å²) in [6.45, 7) is 1.98. The van der Waals surface area contributed by atoms with Gasteiger partial charge in [-0.05, 0) is 19.1 Å². The lowest BCUT2D eigenvalue weighted by atomic mass is 10.1. The molecular weight excluding hydrogens is 262 g/mol. The van der Waals surface area contributed by atoms with Crippen molar-refractivity contribution in [1.29, 1.82) is 0 Å². The fourth-order valence-corrected chi connectivity index (χ4v) is 1.79. The summed E-state index contributed by atoms with van der Waals surface area (Å²) >= 11 is 0. The van der Waals surface area contributed by atoms with Crippen LogP contribution in [0.4, 0.5) is 0 Å². The Bertz CT molecular complexity index is 487. The van der Waals surface area contributed by atoms with Crippen molar-refractivity contribution in [3.8, 4) is 11.5 Å². The van der Waals surface area contributed by atoms with Crippen molar-refractivity contribution >= 4 is 11.9 Å². The van der Waals surface area contributed by atoms with Crippen molar-refractivity contribution in [1.82, 2.24) is 4.90 Å². The zero-order chi connectivity index (χ0) is 15.3. The van der Waals surface area contributed by atoms with E-state index in [9.17, 15) is 9.59 Å². The Labute approximate surface area is 117 Å². The third-order valence-corrected chi connectivity index (χ3v) is 3.01. The SMILES string of the molecule is COc1cc(C(=O)N(C)CCC(=O)O)cc(OC)c1C. The van der Waals surface area contributed by atoms with Gasteiger partial charge in [-0.3, -0.25) is 9.59 Å². The van der Waals surface area contributed by atoms with E-state index < -0.39 is 5.97 Å². The maximum atomic E-state index is 12.2. The molecule has 0 saturated heterocycles. The van der Waals surface area contributed by atoms with Gasteiger partial charge < -0.3 is 19.5 Å². The lowest BCUT2D eigenvalue weighted by Crippen LogP contribution is -2.29. The minimum Gasteiger partial charge on any atom is -0.496 e. The number of carboxylic acid groups (broad SMARTS) is 1. The van der Waals surface area contributed by atoms with E-state index in [1.807, 2.05) is 6.92 Å². The maximum absolute atomic E-state index is 12.2. The Kier molecular flexibility index (Phi) is 5.37. The quantitative estimate of drug-likeness (QED) is 0.856. The Morgan fingerprint density at radius 2 is 1.70 bits per heavy atom. The van der Waals surface area contributed by atoms with E-state index >= 15 is 0 Å². The van der Waals surface area contributed by atoms with Crippen LogP contribution in [0.3, 0.4) is 0 Å². The highest BCUT2D eigenvalue weighted by Gasteiger charge is 2.17. The summed E-state index contributed by atoms with van der Waals surface area (Å²) in [4.78, 5) is 24.1. The Morgan fingerprint density at radius 3 is 2.10 bits per heavy atom. The molecule has 20 heavy (non-hydrogen) atoms. The first kappa shape index (κ1) is 15.8. The number of amides is 1. The van der Waals surface area contributed by atoms with Crippen LogP contribution >= 0.6 is 0 Å². The monoisotopic (exact) mass is 281 g/mol. The number of carboxylic acids is 1. The van der Waals surface area contributed by atoms with Crippen LogP contribution < -0.4 is 9.47 Å². The number of aliphatic carboxylic acids is 1. The fraction of sp³-hybridized carbons (Fsp3) is 0.429. The molecular formula is C14H19NO5. The molecule has 0 saturated carbocycles. The minimum atomic E-state index is -0.941. The molecule has 6 nitrogen and oxygen atoms in total. The van der Waals surface area contributed by atoms with Gasteiger partial charge >= 0.3 is 5.97 Å². The van der Waals surface area contributed by atoms with Gasteiger partial charge in [-0.25, -0.2) is 0 Å². The molecule has 1 rings (SSSR count). The summed E-state index contributed by atoms with van der Waals surface area (Å²) in [7, 11) is 4.60. The first-order valence-electron chi connectivity index (χ1n) is 6.10. The van der Waals surface area contributed by atoms with Crippen molar-refractivity contribution in [3.63, 3.8) is 0 Å². The van der Waals surface area contributed by atoms with Gasteiger partial charge in [-0.2, -0.15) is 0 Å². The van der Waals surface area contributed by atoms with E-state index in [4.69, 9.17) is 14.6 Å². The molecule has 110 valence electrons. The van der Waals surface area contributed by atoms with E-state index in [1.54, 1.807) is 19.2 Å². The number of benzene rings is 1. The average Bonchev–Trinajstić information content (AvgIpc) is 2.44. The molecule has 0 unspecified atom stereocenters. The normalized spacial score (nSPS) is 10.0. The highest BCUT2D eigenvalue weighted by molar-refractivity contribution is 5.95. The van der Waals surface area contributed by atoms with Crippen LogP contribution in [0, 0.1) is 6.92 Å². The van der Waals surface area contributed by atoms with E-state index in [0.29, 0.717) is 17.1 Å². The molecule has 1 N–H and O–H groups in total. The predicted octanol–water partition coefficient (Wildman–Crippen LogP) is 1.56. The van der Waals surface area contributed by atoms with Gasteiger partial charge in [0.25, 0.3) is 5.91 Å². The van der Waals surface area contributed by atoms with Crippen LogP contribution in [-0.2, 0) is 4.79 Å². The molecule has 1 aromatic rings. The first-order chi connectivity index (χ1) is 9.40. The predicted molar refractivity (Wildman–Crippen MR) is 73.5 cm³/mol. The molecule has 6 heteroatoms. The minimum absolute atomic E-state index is 0.0949. The van der Waals surface area contributed by atoms with E-state index in [1.165, 1.54) is 19.1 Å². The second-order valence-electron chi connectivity index (χ2n) is 4.38. The molecule has 0 aliphatic carbocycles. The summed E-state index contributed by atoms with van der Waals surface area (Å²) < 4.78 is 10.4. The maximum Gasteiger partial charge on any atom is 0.305 e. The lowest BCUT2D eigenvalue weighted by Gasteiger charge is -2.18. The fourth-order valence-electron chi connectivity index (χ4n) is 1.79. The van der Waals surface area contributed by atoms with Crippen LogP contribution in [0.15, 0.2) is 12.1 Å². The van der Waals surface area contributed by atoms with Gasteiger partial charge in [-0.1, -0.05) is 0 Å². The number of hydrogen-bond acceptors (Lipinski definition) is 4. The summed E-state index contributed by atoms with van der Waals surface area (Å²) in [5.74, 6) is -0.106. The summed E-state index contributed by atoms with van der Waals surface area (Å²) in [5.41, 5.74) is 1.21. The average molecular weight is 281 g/mol. The van der Waals surface area contributed by atoms with Crippen molar-refractivity contribution in [3.05, 3.63) is 23.3 Å². The highest BCUT2D eigenvalue weighted by atomic mass is 16.5. The first-order valence-corrected chi connectivity index (χ1v) is 6.10. The third kappa shape index (κ3) is 3.63. The molecule has 0 radical (unpaired) electrons. The number of ether oxygens (including phenoxy) is 2. The smallest absolute Gasteiger partial charge is 0.305 e. The third-order valence-electron chi connectivity index (χ3n) is 3.01. The standard InChI is InChI=1S/C14H19NO5/c1-9-11(19-3)7-10(8-12(9)20-4)14(18)15(2)6-5-13(16)17/h7-8H,5-6H2,1-4H3,(H,16,17). The second kappa shape index (κ2) is 6.79. The van der Waals surface area contributed by atoms with Gasteiger partial charge in [-0.15, -0.1) is 0 Å². The topological polar surface area (TPSA) is 76.1 Å². The zero-order valence-corrected chi connectivity index (χ0v) is 12.1. The van der Waals surface area contributed by atoms with Gasteiger partial charge in [0, 0.05) is 24.7 Å². The van der Waals surface area contributed by atoms with E-state index in [2.05, 4.69) is 0 Å². The molecule has 0 bridgehead atoms. The van der Waals surface area contributed by atoms with Crippen LogP contribution in [0.1, 0.15) is 22.3 Å². The van der Waals surface area contributed by atoms with Crippen LogP contribution in [0.2, 0.25) is 0 Å². The number of rotatable bonds is 6. The molecule has 0 aromatic heterocycles. The van der Waals surface area contributed by atoms with Crippen LogP contribution in [-0.4, -0.2) is 49.7 Å². The van der Waals surface area contributed by atoms with Crippen LogP contribution in [0.25, 0.3) is 0 Å². The van der Waals surface area contributed by atoms with Crippen molar-refractivity contribution in [2.24, 2.45) is 0 Å². The summed E-state index contributed by atoms with van der Waals surface area (Å²) in [6, 6.07) is 3.24. The number of nitrogens with zero attached hydrogens (tertiary/aromatic N) is 1. The molecule has 0 aliphatic rings. The summed E-state index contributed by atoms with van der Waals surface area (Å²) in [6.07, 6.45) is -0.0949. The van der Waals surface area contributed by atoms with Gasteiger partial charge in [0.1, 0.15) is 11.5 Å². The van der Waals surface area contributed by atoms with Crippen molar-refractivity contribution < 1.29 is 24.2 Å². The molecule has 0 aliphatic heterocycles. The number of carbonyl (C=O) groups is 2. The van der Waals surface area contributed by atoms with Gasteiger partial charge in [0.15, 0.2) is 0 Å². The number of methoxy groups -OCH3 is 2.